The molecule has 3 amide bonds. The number of hydrogen-bond donors (Lipinski definition) is 3. The highest BCUT2D eigenvalue weighted by molar-refractivity contribution is 5.82. The number of unbranched alkanes of at least 4 members (excludes halogenated alkanes) is 10. The molecule has 0 unspecified atom stereocenters. The highest BCUT2D eigenvalue weighted by Crippen LogP contribution is 2.67. The van der Waals surface area contributed by atoms with Gasteiger partial charge in [-0.15, -0.1) is 0 Å². The van der Waals surface area contributed by atoms with Crippen LogP contribution in [0.3, 0.4) is 0 Å². The third-order valence-corrected chi connectivity index (χ3v) is 15.8. The third-order valence-electron chi connectivity index (χ3n) is 15.8. The van der Waals surface area contributed by atoms with E-state index >= 15 is 0 Å². The summed E-state index contributed by atoms with van der Waals surface area (Å²) in [6.07, 6.45) is 30.3. The summed E-state index contributed by atoms with van der Waals surface area (Å²) in [7, 11) is 0. The molecule has 4 N–H and O–H groups in total. The molecule has 8 nitrogen and oxygen atoms in total. The molecule has 0 heterocycles. The zero-order chi connectivity index (χ0) is 42.0. The Labute approximate surface area is 356 Å². The number of nitrogens with two attached hydrogens (primary N) is 1. The van der Waals surface area contributed by atoms with Crippen molar-refractivity contribution < 1.29 is 19.1 Å². The van der Waals surface area contributed by atoms with E-state index in [0.717, 1.165) is 93.3 Å². The van der Waals surface area contributed by atoms with Gasteiger partial charge in [0.05, 0.1) is 0 Å². The summed E-state index contributed by atoms with van der Waals surface area (Å²) in [5.41, 5.74) is 7.80. The number of fused-ring (bicyclic) bond motifs is 5. The summed E-state index contributed by atoms with van der Waals surface area (Å²) >= 11 is 0. The molecule has 4 rings (SSSR count). The molecule has 0 radical (unpaired) electrons. The average molecular weight is 811 g/mol. The van der Waals surface area contributed by atoms with Crippen molar-refractivity contribution in [3.05, 3.63) is 11.6 Å². The lowest BCUT2D eigenvalue weighted by Crippen LogP contribution is -2.51. The second-order valence-corrected chi connectivity index (χ2v) is 20.4. The molecular formula is C50H90N4O4. The highest BCUT2D eigenvalue weighted by atomic mass is 16.6. The van der Waals surface area contributed by atoms with E-state index in [0.29, 0.717) is 44.4 Å². The molecule has 8 heteroatoms. The molecule has 0 aromatic heterocycles. The Bertz CT molecular complexity index is 1270. The molecule has 0 aromatic rings. The van der Waals surface area contributed by atoms with Crippen LogP contribution in [0.25, 0.3) is 0 Å². The van der Waals surface area contributed by atoms with E-state index in [1.54, 1.807) is 4.90 Å². The van der Waals surface area contributed by atoms with Crippen molar-refractivity contribution in [3.8, 4) is 0 Å². The fourth-order valence-electron chi connectivity index (χ4n) is 12.3. The molecular weight excluding hydrogens is 721 g/mol. The number of carbonyl (C=O) groups excluding carboxylic acids is 3. The maximum atomic E-state index is 13.8. The fourth-order valence-corrected chi connectivity index (χ4v) is 12.3. The first-order valence-corrected chi connectivity index (χ1v) is 24.8. The molecule has 58 heavy (non-hydrogen) atoms. The van der Waals surface area contributed by atoms with Gasteiger partial charge in [-0.1, -0.05) is 130 Å². The summed E-state index contributed by atoms with van der Waals surface area (Å²) in [5.74, 6) is 4.72. The lowest BCUT2D eigenvalue weighted by molar-refractivity contribution is -0.123. The Kier molecular flexibility index (Phi) is 20.9. The van der Waals surface area contributed by atoms with Crippen LogP contribution in [0.1, 0.15) is 202 Å². The minimum atomic E-state index is -0.404. The van der Waals surface area contributed by atoms with E-state index in [2.05, 4.69) is 58.3 Å². The van der Waals surface area contributed by atoms with Crippen molar-refractivity contribution >= 4 is 17.9 Å². The van der Waals surface area contributed by atoms with Crippen LogP contribution in [0.4, 0.5) is 4.79 Å². The highest BCUT2D eigenvalue weighted by Gasteiger charge is 2.59. The number of amides is 3. The number of hydrogen-bond acceptors (Lipinski definition) is 5. The van der Waals surface area contributed by atoms with Gasteiger partial charge < -0.3 is 21.1 Å². The van der Waals surface area contributed by atoms with Crippen LogP contribution in [0.15, 0.2) is 11.6 Å². The largest absolute Gasteiger partial charge is 0.446 e. The van der Waals surface area contributed by atoms with Crippen LogP contribution < -0.4 is 16.4 Å². The number of nitrogens with one attached hydrogen (secondary N) is 2. The molecule has 3 fully saturated rings. The number of carbonyl (C=O) groups is 3. The lowest BCUT2D eigenvalue weighted by Gasteiger charge is -2.58. The van der Waals surface area contributed by atoms with Crippen molar-refractivity contribution in [2.45, 2.75) is 208 Å². The first-order chi connectivity index (χ1) is 27.9. The van der Waals surface area contributed by atoms with Crippen LogP contribution in [0.5, 0.6) is 0 Å². The zero-order valence-corrected chi connectivity index (χ0v) is 38.5. The molecule has 0 spiro atoms. The van der Waals surface area contributed by atoms with E-state index < -0.39 is 6.09 Å². The maximum Gasteiger partial charge on any atom is 0.410 e. The van der Waals surface area contributed by atoms with Crippen molar-refractivity contribution in [1.29, 1.82) is 0 Å². The average Bonchev–Trinajstić information content (AvgIpc) is 3.55. The van der Waals surface area contributed by atoms with Gasteiger partial charge in [0.1, 0.15) is 12.6 Å². The Hall–Kier alpha value is -2.09. The van der Waals surface area contributed by atoms with E-state index in [-0.39, 0.29) is 29.9 Å². The first-order valence-electron chi connectivity index (χ1n) is 24.8. The quantitative estimate of drug-likeness (QED) is 0.0565. The van der Waals surface area contributed by atoms with Gasteiger partial charge in [-0.3, -0.25) is 14.5 Å². The zero-order valence-electron chi connectivity index (χ0n) is 38.5. The molecule has 0 bridgehead atoms. The predicted octanol–water partition coefficient (Wildman–Crippen LogP) is 11.5. The third kappa shape index (κ3) is 14.3. The van der Waals surface area contributed by atoms with Gasteiger partial charge in [-0.25, -0.2) is 4.79 Å². The summed E-state index contributed by atoms with van der Waals surface area (Å²) < 4.78 is 6.28. The minimum Gasteiger partial charge on any atom is -0.446 e. The van der Waals surface area contributed by atoms with Crippen molar-refractivity contribution in [3.63, 3.8) is 0 Å². The minimum absolute atomic E-state index is 0.0256. The molecule has 0 aliphatic heterocycles. The van der Waals surface area contributed by atoms with Crippen LogP contribution in [-0.2, 0) is 14.3 Å². The Morgan fingerprint density at radius 1 is 0.793 bits per heavy atom. The summed E-state index contributed by atoms with van der Waals surface area (Å²) in [6.45, 7) is 16.8. The molecule has 3 saturated carbocycles. The van der Waals surface area contributed by atoms with Crippen LogP contribution >= 0.6 is 0 Å². The number of rotatable bonds is 27. The van der Waals surface area contributed by atoms with Gasteiger partial charge >= 0.3 is 6.09 Å². The topological polar surface area (TPSA) is 114 Å². The van der Waals surface area contributed by atoms with E-state index in [4.69, 9.17) is 10.5 Å². The predicted molar refractivity (Wildman–Crippen MR) is 240 cm³/mol. The normalized spacial score (nSPS) is 28.2. The Morgan fingerprint density at radius 3 is 2.22 bits per heavy atom. The monoisotopic (exact) mass is 811 g/mol. The summed E-state index contributed by atoms with van der Waals surface area (Å²) in [6, 6.07) is 0. The molecule has 8 atom stereocenters. The van der Waals surface area contributed by atoms with Gasteiger partial charge in [-0.05, 0) is 124 Å². The Morgan fingerprint density at radius 2 is 1.48 bits per heavy atom. The van der Waals surface area contributed by atoms with E-state index in [1.165, 1.54) is 95.5 Å². The first kappa shape index (κ1) is 48.6. The van der Waals surface area contributed by atoms with Crippen molar-refractivity contribution in [1.82, 2.24) is 15.5 Å². The SMILES string of the molecule is CCCCCCCCCCC(=O)NCCCN(CC(=O)NCCCCCCN)C(=O)O[C@H]1CC[C@@]2(C)C(=CC[C@H]3[C@@H]4CC[C@H]([C@H](C)CCCC(C)C)[C@@]4(C)CC[C@@H]32)C1. The Balaban J connectivity index is 1.28. The molecule has 0 saturated heterocycles. The summed E-state index contributed by atoms with van der Waals surface area (Å²) in [5, 5.41) is 6.06. The molecule has 4 aliphatic carbocycles. The summed E-state index contributed by atoms with van der Waals surface area (Å²) in [4.78, 5) is 41.0. The van der Waals surface area contributed by atoms with E-state index in [1.807, 2.05) is 0 Å². The van der Waals surface area contributed by atoms with Crippen LogP contribution in [0, 0.1) is 46.3 Å². The van der Waals surface area contributed by atoms with Gasteiger partial charge in [0.15, 0.2) is 0 Å². The number of ether oxygens (including phenoxy) is 1. The molecule has 0 aromatic carbocycles. The van der Waals surface area contributed by atoms with Crippen molar-refractivity contribution in [2.75, 3.05) is 32.7 Å². The second kappa shape index (κ2) is 25.0. The van der Waals surface area contributed by atoms with E-state index in [9.17, 15) is 14.4 Å². The van der Waals surface area contributed by atoms with Crippen LogP contribution in [-0.4, -0.2) is 61.6 Å². The fraction of sp³-hybridized carbons (Fsp3) is 0.900. The van der Waals surface area contributed by atoms with Crippen LogP contribution in [0.2, 0.25) is 0 Å². The lowest BCUT2D eigenvalue weighted by atomic mass is 9.47. The molecule has 334 valence electrons. The second-order valence-electron chi connectivity index (χ2n) is 20.4. The number of nitrogens with zero attached hydrogens (tertiary/aromatic N) is 1. The smallest absolute Gasteiger partial charge is 0.410 e. The molecule has 4 aliphatic rings. The maximum absolute atomic E-state index is 13.8. The van der Waals surface area contributed by atoms with Crippen molar-refractivity contribution in [2.24, 2.45) is 52.1 Å². The number of allylic oxidation sites excluding steroid dienone is 1. The van der Waals surface area contributed by atoms with Gasteiger partial charge in [-0.2, -0.15) is 0 Å². The standard InChI is InChI=1S/C50H90N4O4/c1-7-8-9-10-11-12-13-16-23-46(55)52-34-20-35-54(37-47(56)53-33-18-15-14-17-32-51)48(57)58-41-28-30-49(5)40(36-41)24-25-42-44-27-26-43(39(4)22-19-21-38(2)3)50(44,6)31-29-45(42)49/h24,38-39,41-45H,7-23,25-37,51H2,1-6H3,(H,52,55)(H,53,56)/t39-,41+,42+,43-,44+,45+,49+,50-/m1/s1. The van der Waals surface area contributed by atoms with Gasteiger partial charge in [0.25, 0.3) is 0 Å². The van der Waals surface area contributed by atoms with Gasteiger partial charge in [0, 0.05) is 32.5 Å². The van der Waals surface area contributed by atoms with Gasteiger partial charge in [0.2, 0.25) is 11.8 Å².